The zero-order valence-corrected chi connectivity index (χ0v) is 8.13. The largest absolute Gasteiger partial charge is 0.481 e. The normalized spacial score (nSPS) is 10.7. The van der Waals surface area contributed by atoms with Crippen molar-refractivity contribution in [2.75, 3.05) is 5.73 Å². The molecule has 0 spiro atoms. The number of alkyl halides is 2. The molecule has 1 aromatic heterocycles. The van der Waals surface area contributed by atoms with Crippen LogP contribution >= 0.6 is 11.6 Å². The van der Waals surface area contributed by atoms with Crippen molar-refractivity contribution in [1.82, 2.24) is 4.98 Å². The first-order valence-electron chi connectivity index (χ1n) is 3.86. The number of aromatic nitrogens is 1. The molecule has 0 aliphatic heterocycles. The van der Waals surface area contributed by atoms with Gasteiger partial charge in [-0.3, -0.25) is 9.78 Å². The Labute approximate surface area is 88.7 Å². The Morgan fingerprint density at radius 3 is 2.73 bits per heavy atom. The summed E-state index contributed by atoms with van der Waals surface area (Å²) in [5, 5.41) is 8.31. The maximum atomic E-state index is 12.3. The highest BCUT2D eigenvalue weighted by Crippen LogP contribution is 2.31. The van der Waals surface area contributed by atoms with Crippen LogP contribution in [-0.2, 0) is 11.2 Å². The summed E-state index contributed by atoms with van der Waals surface area (Å²) in [5.74, 6) is -1.14. The van der Waals surface area contributed by atoms with Gasteiger partial charge in [-0.05, 0) is 0 Å². The van der Waals surface area contributed by atoms with Crippen LogP contribution in [0.25, 0.3) is 0 Å². The van der Waals surface area contributed by atoms with Crippen molar-refractivity contribution >= 4 is 23.3 Å². The maximum Gasteiger partial charge on any atom is 0.307 e. The van der Waals surface area contributed by atoms with E-state index in [0.717, 1.165) is 6.20 Å². The fourth-order valence-corrected chi connectivity index (χ4v) is 1.23. The summed E-state index contributed by atoms with van der Waals surface area (Å²) in [5.41, 5.74) is 4.41. The molecular weight excluding hydrogens is 230 g/mol. The Morgan fingerprint density at radius 1 is 1.67 bits per heavy atom. The Kier molecular flexibility index (Phi) is 3.41. The first-order valence-corrected chi connectivity index (χ1v) is 4.24. The zero-order chi connectivity index (χ0) is 11.6. The lowest BCUT2D eigenvalue weighted by atomic mass is 10.1. The number of rotatable bonds is 3. The summed E-state index contributed by atoms with van der Waals surface area (Å²) in [4.78, 5) is 13.7. The van der Waals surface area contributed by atoms with Crippen LogP contribution in [0, 0.1) is 0 Å². The molecule has 0 saturated carbocycles. The smallest absolute Gasteiger partial charge is 0.307 e. The summed E-state index contributed by atoms with van der Waals surface area (Å²) in [7, 11) is 0. The van der Waals surface area contributed by atoms with Crippen LogP contribution in [0.15, 0.2) is 6.20 Å². The Hall–Kier alpha value is -1.43. The van der Waals surface area contributed by atoms with E-state index in [4.69, 9.17) is 22.4 Å². The van der Waals surface area contributed by atoms with Gasteiger partial charge in [-0.2, -0.15) is 0 Å². The molecule has 15 heavy (non-hydrogen) atoms. The molecule has 0 bridgehead atoms. The van der Waals surface area contributed by atoms with E-state index >= 15 is 0 Å². The van der Waals surface area contributed by atoms with Gasteiger partial charge in [0.05, 0.1) is 17.1 Å². The van der Waals surface area contributed by atoms with Crippen LogP contribution in [0.4, 0.5) is 14.5 Å². The number of carboxylic acid groups (broad SMARTS) is 1. The Morgan fingerprint density at radius 2 is 2.27 bits per heavy atom. The number of nitrogen functional groups attached to an aromatic ring is 1. The molecule has 3 N–H and O–H groups in total. The molecule has 1 aromatic rings. The predicted molar refractivity (Wildman–Crippen MR) is 50.0 cm³/mol. The maximum absolute atomic E-state index is 12.3. The van der Waals surface area contributed by atoms with Crippen molar-refractivity contribution < 1.29 is 18.7 Å². The number of nitrogens with two attached hydrogens (primary N) is 1. The molecule has 82 valence electrons. The van der Waals surface area contributed by atoms with Gasteiger partial charge in [-0.1, -0.05) is 11.6 Å². The molecule has 0 saturated heterocycles. The van der Waals surface area contributed by atoms with Gasteiger partial charge in [0, 0.05) is 11.8 Å². The third-order valence-corrected chi connectivity index (χ3v) is 2.15. The van der Waals surface area contributed by atoms with E-state index in [1.54, 1.807) is 0 Å². The van der Waals surface area contributed by atoms with Crippen LogP contribution in [0.1, 0.15) is 17.7 Å². The lowest BCUT2D eigenvalue weighted by molar-refractivity contribution is -0.136. The average Bonchev–Trinajstić information content (AvgIpc) is 2.12. The van der Waals surface area contributed by atoms with Crippen LogP contribution in [0.3, 0.4) is 0 Å². The molecule has 1 rings (SSSR count). The highest BCUT2D eigenvalue weighted by atomic mass is 35.5. The average molecular weight is 237 g/mol. The zero-order valence-electron chi connectivity index (χ0n) is 7.38. The van der Waals surface area contributed by atoms with E-state index in [0.29, 0.717) is 0 Å². The summed E-state index contributed by atoms with van der Waals surface area (Å²) < 4.78 is 24.6. The van der Waals surface area contributed by atoms with Crippen molar-refractivity contribution in [3.63, 3.8) is 0 Å². The molecule has 0 unspecified atom stereocenters. The van der Waals surface area contributed by atoms with Crippen molar-refractivity contribution in [3.05, 3.63) is 22.5 Å². The fourth-order valence-electron chi connectivity index (χ4n) is 1.02. The minimum atomic E-state index is -2.83. The number of hydrogen-bond donors (Lipinski definition) is 2. The minimum Gasteiger partial charge on any atom is -0.481 e. The second kappa shape index (κ2) is 4.39. The third kappa shape index (κ3) is 2.53. The number of nitrogens with zero attached hydrogens (tertiary/aromatic N) is 1. The first-order chi connectivity index (χ1) is 6.93. The topological polar surface area (TPSA) is 76.2 Å². The molecule has 0 aromatic carbocycles. The first kappa shape index (κ1) is 11.6. The summed E-state index contributed by atoms with van der Waals surface area (Å²) >= 11 is 5.62. The molecule has 0 fully saturated rings. The van der Waals surface area contributed by atoms with E-state index in [1.165, 1.54) is 0 Å². The SMILES string of the molecule is Nc1c(C(F)F)ncc(CC(=O)O)c1Cl. The monoisotopic (exact) mass is 236 g/mol. The molecule has 0 aliphatic carbocycles. The van der Waals surface area contributed by atoms with Crippen molar-refractivity contribution in [2.45, 2.75) is 12.8 Å². The standard InChI is InChI=1S/C8H7ClF2N2O2/c9-5-3(1-4(14)15)2-13-7(6(5)12)8(10)11/h2,8H,1,12H2,(H,14,15). The van der Waals surface area contributed by atoms with Crippen molar-refractivity contribution in [3.8, 4) is 0 Å². The lowest BCUT2D eigenvalue weighted by Gasteiger charge is -2.08. The van der Waals surface area contributed by atoms with Crippen molar-refractivity contribution in [1.29, 1.82) is 0 Å². The Balaban J connectivity index is 3.15. The number of anilines is 1. The van der Waals surface area contributed by atoms with Gasteiger partial charge in [-0.15, -0.1) is 0 Å². The van der Waals surface area contributed by atoms with Crippen LogP contribution in [0.5, 0.6) is 0 Å². The van der Waals surface area contributed by atoms with Gasteiger partial charge in [0.2, 0.25) is 0 Å². The number of carboxylic acids is 1. The number of pyridine rings is 1. The van der Waals surface area contributed by atoms with Gasteiger partial charge >= 0.3 is 5.97 Å². The van der Waals surface area contributed by atoms with E-state index in [-0.39, 0.29) is 16.3 Å². The molecule has 0 atom stereocenters. The van der Waals surface area contributed by atoms with E-state index in [2.05, 4.69) is 4.98 Å². The third-order valence-electron chi connectivity index (χ3n) is 1.70. The second-order valence-corrected chi connectivity index (χ2v) is 3.15. The Bertz CT molecular complexity index is 398. The van der Waals surface area contributed by atoms with Gasteiger partial charge in [0.25, 0.3) is 6.43 Å². The molecule has 0 radical (unpaired) electrons. The molecular formula is C8H7ClF2N2O2. The van der Waals surface area contributed by atoms with E-state index in [9.17, 15) is 13.6 Å². The fraction of sp³-hybridized carbons (Fsp3) is 0.250. The number of halogens is 3. The number of hydrogen-bond acceptors (Lipinski definition) is 3. The van der Waals surface area contributed by atoms with Gasteiger partial charge < -0.3 is 10.8 Å². The molecule has 1 heterocycles. The van der Waals surface area contributed by atoms with Crippen molar-refractivity contribution in [2.24, 2.45) is 0 Å². The van der Waals surface area contributed by atoms with Crippen LogP contribution in [0.2, 0.25) is 5.02 Å². The van der Waals surface area contributed by atoms with Gasteiger partial charge in [0.15, 0.2) is 0 Å². The van der Waals surface area contributed by atoms with E-state index in [1.807, 2.05) is 0 Å². The summed E-state index contributed by atoms with van der Waals surface area (Å²) in [6.45, 7) is 0. The highest BCUT2D eigenvalue weighted by Gasteiger charge is 2.18. The summed E-state index contributed by atoms with van der Waals surface area (Å²) in [6, 6.07) is 0. The predicted octanol–water partition coefficient (Wildman–Crippen LogP) is 1.88. The minimum absolute atomic E-state index is 0.117. The molecule has 7 heteroatoms. The highest BCUT2D eigenvalue weighted by molar-refractivity contribution is 6.34. The van der Waals surface area contributed by atoms with Gasteiger partial charge in [0.1, 0.15) is 5.69 Å². The van der Waals surface area contributed by atoms with Crippen LogP contribution in [-0.4, -0.2) is 16.1 Å². The number of aliphatic carboxylic acids is 1. The second-order valence-electron chi connectivity index (χ2n) is 2.77. The number of carbonyl (C=O) groups is 1. The van der Waals surface area contributed by atoms with E-state index < -0.39 is 24.5 Å². The quantitative estimate of drug-likeness (QED) is 0.840. The summed E-state index contributed by atoms with van der Waals surface area (Å²) in [6.07, 6.45) is -2.24. The van der Waals surface area contributed by atoms with Crippen LogP contribution < -0.4 is 5.73 Å². The van der Waals surface area contributed by atoms with Gasteiger partial charge in [-0.25, -0.2) is 8.78 Å². The molecule has 4 nitrogen and oxygen atoms in total. The lowest BCUT2D eigenvalue weighted by Crippen LogP contribution is -2.06. The molecule has 0 aliphatic rings. The molecule has 0 amide bonds.